The van der Waals surface area contributed by atoms with Crippen molar-refractivity contribution in [1.82, 2.24) is 0 Å². The van der Waals surface area contributed by atoms with Crippen molar-refractivity contribution in [3.8, 4) is 0 Å². The highest BCUT2D eigenvalue weighted by atomic mass is 31.2. The number of esters is 3. The molecule has 0 rings (SSSR count). The average Bonchev–Trinajstić information content (AvgIpc) is 0.902. The second-order valence-corrected chi connectivity index (χ2v) is 34.7. The molecule has 0 aromatic rings. The minimum atomic E-state index is -4.95. The topological polar surface area (TPSA) is 231 Å². The lowest BCUT2D eigenvalue weighted by molar-refractivity contribution is -0.161. The molecule has 0 saturated carbocycles. The Bertz CT molecular complexity index is 2790. The number of hydrogen-bond donors (Lipinski definition) is 4. The van der Waals surface area contributed by atoms with E-state index < -0.39 is 91.5 Å². The maximum absolute atomic E-state index is 13.0. The first-order chi connectivity index (χ1) is 58.2. The highest BCUT2D eigenvalue weighted by molar-refractivity contribution is 7.47. The van der Waals surface area contributed by atoms with Crippen molar-refractivity contribution < 1.29 is 75.8 Å². The molecular weight excluding hydrogens is 1530 g/mol. The van der Waals surface area contributed by atoms with Crippen LogP contribution < -0.4 is 0 Å². The molecule has 0 radical (unpaired) electrons. The van der Waals surface area contributed by atoms with Crippen LogP contribution in [0, 0.1) is 0 Å². The molecule has 0 saturated heterocycles. The summed E-state index contributed by atoms with van der Waals surface area (Å²) in [7, 11) is -9.81. The van der Waals surface area contributed by atoms with Crippen molar-refractivity contribution in [1.29, 1.82) is 0 Å². The zero-order chi connectivity index (χ0) is 86.5. The van der Waals surface area contributed by atoms with E-state index in [9.17, 15) is 43.5 Å². The maximum atomic E-state index is 13.0. The third kappa shape index (κ3) is 93.7. The van der Waals surface area contributed by atoms with Crippen LogP contribution in [-0.4, -0.2) is 95.9 Å². The Morgan fingerprint density at radius 1 is 0.244 bits per heavy atom. The van der Waals surface area contributed by atoms with Gasteiger partial charge in [0.25, 0.3) is 0 Å². The Morgan fingerprint density at radius 3 is 0.706 bits per heavy atom. The van der Waals surface area contributed by atoms with Crippen LogP contribution in [0.5, 0.6) is 0 Å². The zero-order valence-electron chi connectivity index (χ0n) is 75.5. The molecule has 16 nitrogen and oxygen atoms in total. The average molecular weight is 1710 g/mol. The molecule has 0 aromatic heterocycles. The molecule has 0 aliphatic heterocycles. The van der Waals surface area contributed by atoms with Crippen LogP contribution in [0.15, 0.2) is 158 Å². The second-order valence-electron chi connectivity index (χ2n) is 31.8. The molecule has 119 heavy (non-hydrogen) atoms. The standard InChI is InChI=1S/C101H174O16P2/c1-4-7-10-13-16-19-22-25-28-31-33-35-37-39-41-43-45-46-47-48-50-52-53-55-57-59-61-64-66-69-72-75-78-81-84-87-99(104)111-90-96(102)91-113-118(107,108)114-92-97(103)93-115-119(109,110)116-95-98(117-101(106)89-86-83-80-77-74-71-68-63-30-27-24-21-18-15-12-9-6-3)94-112-100(105)88-85-82-79-76-73-70-67-65-62-60-58-56-54-51-49-44-42-40-38-36-34-32-29-26-23-20-17-14-11-8-5-2/h8-9,11-12,16-21,25-30,33-36,39-42,68,71,96-98,102-103H,4-7,10,13-15,22-24,31-32,37-38,43-67,69-70,72-95H2,1-3H3,(H,107,108)(H,109,110)/b11-8-,12-9-,19-16-,20-17-,21-18-,28-25-,29-26-,30-27-,35-33-,36-34-,41-39-,42-40-,71-68-. The largest absolute Gasteiger partial charge is 0.472 e. The van der Waals surface area contributed by atoms with E-state index in [0.717, 1.165) is 141 Å². The highest BCUT2D eigenvalue weighted by Crippen LogP contribution is 2.45. The fraction of sp³-hybridized carbons (Fsp3) is 0.713. The molecule has 0 bridgehead atoms. The number of carbonyl (C=O) groups excluding carboxylic acids is 3. The molecule has 0 spiro atoms. The Kier molecular flexibility index (Phi) is 88.6. The van der Waals surface area contributed by atoms with Crippen molar-refractivity contribution in [2.75, 3.05) is 39.6 Å². The molecule has 0 fully saturated rings. The summed E-state index contributed by atoms with van der Waals surface area (Å²) in [4.78, 5) is 59.0. The van der Waals surface area contributed by atoms with Gasteiger partial charge in [-0.3, -0.25) is 32.5 Å². The monoisotopic (exact) mass is 1710 g/mol. The van der Waals surface area contributed by atoms with Crippen LogP contribution in [0.4, 0.5) is 0 Å². The van der Waals surface area contributed by atoms with Crippen LogP contribution in [-0.2, 0) is 55.8 Å². The smallest absolute Gasteiger partial charge is 0.463 e. The van der Waals surface area contributed by atoms with Gasteiger partial charge in [0.15, 0.2) is 6.10 Å². The first-order valence-electron chi connectivity index (χ1n) is 47.8. The van der Waals surface area contributed by atoms with Crippen LogP contribution in [0.2, 0.25) is 0 Å². The number of rotatable bonds is 90. The van der Waals surface area contributed by atoms with Crippen molar-refractivity contribution in [2.24, 2.45) is 0 Å². The number of unbranched alkanes of at least 4 members (excludes halogenated alkanes) is 41. The summed E-state index contributed by atoms with van der Waals surface area (Å²) in [6, 6.07) is 0. The van der Waals surface area contributed by atoms with E-state index in [0.29, 0.717) is 19.3 Å². The molecule has 5 unspecified atom stereocenters. The summed E-state index contributed by atoms with van der Waals surface area (Å²) in [5, 5.41) is 20.7. The zero-order valence-corrected chi connectivity index (χ0v) is 77.3. The highest BCUT2D eigenvalue weighted by Gasteiger charge is 2.30. The Morgan fingerprint density at radius 2 is 0.445 bits per heavy atom. The van der Waals surface area contributed by atoms with E-state index in [2.05, 4.69) is 179 Å². The van der Waals surface area contributed by atoms with Gasteiger partial charge in [-0.15, -0.1) is 0 Å². The predicted molar refractivity (Wildman–Crippen MR) is 500 cm³/mol. The lowest BCUT2D eigenvalue weighted by atomic mass is 10.0. The van der Waals surface area contributed by atoms with Gasteiger partial charge in [-0.1, -0.05) is 397 Å². The Balaban J connectivity index is 4.46. The molecule has 0 heterocycles. The molecule has 684 valence electrons. The van der Waals surface area contributed by atoms with Crippen molar-refractivity contribution >= 4 is 33.6 Å². The molecule has 0 aliphatic carbocycles. The van der Waals surface area contributed by atoms with E-state index in [1.165, 1.54) is 205 Å². The number of hydrogen-bond acceptors (Lipinski definition) is 14. The van der Waals surface area contributed by atoms with Gasteiger partial charge in [0.1, 0.15) is 25.4 Å². The van der Waals surface area contributed by atoms with Gasteiger partial charge in [0, 0.05) is 19.3 Å². The lowest BCUT2D eigenvalue weighted by Gasteiger charge is -2.21. The van der Waals surface area contributed by atoms with Crippen molar-refractivity contribution in [3.63, 3.8) is 0 Å². The normalized spacial score (nSPS) is 14.4. The van der Waals surface area contributed by atoms with Crippen LogP contribution in [0.3, 0.4) is 0 Å². The number of aliphatic hydroxyl groups is 2. The Hall–Kier alpha value is -4.83. The second kappa shape index (κ2) is 92.4. The fourth-order valence-corrected chi connectivity index (χ4v) is 14.6. The Labute approximate surface area is 727 Å². The summed E-state index contributed by atoms with van der Waals surface area (Å²) in [5.74, 6) is -1.59. The van der Waals surface area contributed by atoms with Gasteiger partial charge >= 0.3 is 33.6 Å². The summed E-state index contributed by atoms with van der Waals surface area (Å²) in [6.07, 6.45) is 119. The minimum Gasteiger partial charge on any atom is -0.463 e. The van der Waals surface area contributed by atoms with Gasteiger partial charge in [0.2, 0.25) is 0 Å². The van der Waals surface area contributed by atoms with E-state index >= 15 is 0 Å². The van der Waals surface area contributed by atoms with Crippen molar-refractivity contribution in [3.05, 3.63) is 158 Å². The van der Waals surface area contributed by atoms with Gasteiger partial charge in [-0.2, -0.15) is 0 Å². The van der Waals surface area contributed by atoms with Crippen LogP contribution in [0.1, 0.15) is 406 Å². The lowest BCUT2D eigenvalue weighted by Crippen LogP contribution is -2.30. The summed E-state index contributed by atoms with van der Waals surface area (Å²) in [6.45, 7) is 2.45. The molecule has 0 aromatic carbocycles. The first kappa shape index (κ1) is 114. The number of ether oxygens (including phenoxy) is 3. The number of aliphatic hydroxyl groups excluding tert-OH is 2. The van der Waals surface area contributed by atoms with E-state index in [1.807, 2.05) is 0 Å². The van der Waals surface area contributed by atoms with E-state index in [1.54, 1.807) is 0 Å². The van der Waals surface area contributed by atoms with Gasteiger partial charge < -0.3 is 34.2 Å². The van der Waals surface area contributed by atoms with Crippen LogP contribution >= 0.6 is 15.6 Å². The third-order valence-corrected chi connectivity index (χ3v) is 22.1. The molecule has 4 N–H and O–H groups in total. The van der Waals surface area contributed by atoms with Gasteiger partial charge in [0.05, 0.1) is 26.4 Å². The third-order valence-electron chi connectivity index (χ3n) is 20.2. The molecular formula is C101H174O16P2. The number of phosphoric ester groups is 2. The SMILES string of the molecule is CC/C=C\C/C=C\C/C=C\C/C=C\C/C=C\CCCCCCCCCCCCCCCCCC(=O)OCC(COP(=O)(O)OCC(O)COP(=O)(O)OCC(O)COC(=O)CCCCCCCCCCCCCCCCCCCCC/C=C\C/C=C\C/C=C\C/C=C\CCCCC)OC(=O)CCCCCC/C=C\C/C=C\C/C=C\C/C=C\CC. The number of allylic oxidation sites excluding steroid dienone is 26. The van der Waals surface area contributed by atoms with E-state index in [-0.39, 0.29) is 19.3 Å². The van der Waals surface area contributed by atoms with Crippen molar-refractivity contribution in [2.45, 2.75) is 424 Å². The fourth-order valence-electron chi connectivity index (χ4n) is 13.0. The summed E-state index contributed by atoms with van der Waals surface area (Å²) in [5.41, 5.74) is 0. The number of phosphoric acid groups is 2. The summed E-state index contributed by atoms with van der Waals surface area (Å²) < 4.78 is 61.5. The van der Waals surface area contributed by atoms with Gasteiger partial charge in [-0.05, 0) is 148 Å². The summed E-state index contributed by atoms with van der Waals surface area (Å²) >= 11 is 0. The first-order valence-corrected chi connectivity index (χ1v) is 50.8. The number of carbonyl (C=O) groups is 3. The quantitative estimate of drug-likeness (QED) is 0.0146. The van der Waals surface area contributed by atoms with Gasteiger partial charge in [-0.25, -0.2) is 9.13 Å². The van der Waals surface area contributed by atoms with Crippen LogP contribution in [0.25, 0.3) is 0 Å². The minimum absolute atomic E-state index is 0.0744. The van der Waals surface area contributed by atoms with E-state index in [4.69, 9.17) is 32.3 Å². The maximum Gasteiger partial charge on any atom is 0.472 e. The molecule has 0 amide bonds. The molecule has 18 heteroatoms. The molecule has 5 atom stereocenters. The predicted octanol–water partition coefficient (Wildman–Crippen LogP) is 29.7. The molecule has 0 aliphatic rings.